The number of carbonyl (C=O) groups is 1. The Bertz CT molecular complexity index is 756. The van der Waals surface area contributed by atoms with Crippen LogP contribution < -0.4 is 0 Å². The smallest absolute Gasteiger partial charge is 0.270 e. The minimum atomic E-state index is 0.0864. The van der Waals surface area contributed by atoms with Crippen LogP contribution in [0, 0.1) is 13.8 Å². The van der Waals surface area contributed by atoms with Gasteiger partial charge in [0.25, 0.3) is 5.91 Å². The number of nitrogens with one attached hydrogen (secondary N) is 1. The van der Waals surface area contributed by atoms with Crippen LogP contribution in [0.15, 0.2) is 36.4 Å². The summed E-state index contributed by atoms with van der Waals surface area (Å²) >= 11 is 0. The van der Waals surface area contributed by atoms with Crippen LogP contribution in [0.2, 0.25) is 0 Å². The van der Waals surface area contributed by atoms with E-state index in [9.17, 15) is 4.79 Å². The topological polar surface area (TPSA) is 48.6 Å². The standard InChI is InChI=1S/C20H25N3O2/c1-14-10-15(2)21-19(14)20(24)23-12-17-18(13-23)25-9-8-22(17)11-16-6-4-3-5-7-16/h3-7,10,17-18,21H,8-9,11-13H2,1-2H3. The number of carbonyl (C=O) groups excluding carboxylic acids is 1. The Morgan fingerprint density at radius 2 is 2.04 bits per heavy atom. The predicted octanol–water partition coefficient (Wildman–Crippen LogP) is 2.36. The summed E-state index contributed by atoms with van der Waals surface area (Å²) in [6.07, 6.45) is 0.109. The molecular weight excluding hydrogens is 314 g/mol. The number of morpholine rings is 1. The fourth-order valence-corrected chi connectivity index (χ4v) is 4.05. The number of hydrogen-bond donors (Lipinski definition) is 1. The summed E-state index contributed by atoms with van der Waals surface area (Å²) in [7, 11) is 0. The molecule has 1 N–H and O–H groups in total. The molecule has 5 nitrogen and oxygen atoms in total. The molecule has 1 aromatic heterocycles. The monoisotopic (exact) mass is 339 g/mol. The molecule has 3 heterocycles. The lowest BCUT2D eigenvalue weighted by Crippen LogP contribution is -2.50. The molecule has 25 heavy (non-hydrogen) atoms. The SMILES string of the molecule is Cc1cc(C)c(C(=O)N2CC3OCCN(Cc4ccccc4)C3C2)[nH]1. The average Bonchev–Trinajstić information content (AvgIpc) is 3.19. The van der Waals surface area contributed by atoms with Crippen LogP contribution in [-0.4, -0.2) is 59.1 Å². The van der Waals surface area contributed by atoms with E-state index in [0.29, 0.717) is 12.2 Å². The first-order valence-electron chi connectivity index (χ1n) is 8.97. The second-order valence-electron chi connectivity index (χ2n) is 7.15. The molecule has 2 atom stereocenters. The van der Waals surface area contributed by atoms with Gasteiger partial charge in [-0.15, -0.1) is 0 Å². The molecule has 0 saturated carbocycles. The number of hydrogen-bond acceptors (Lipinski definition) is 3. The van der Waals surface area contributed by atoms with Crippen LogP contribution in [-0.2, 0) is 11.3 Å². The predicted molar refractivity (Wildman–Crippen MR) is 96.6 cm³/mol. The summed E-state index contributed by atoms with van der Waals surface area (Å²) in [5.41, 5.74) is 4.06. The van der Waals surface area contributed by atoms with E-state index in [-0.39, 0.29) is 18.1 Å². The molecule has 0 spiro atoms. The van der Waals surface area contributed by atoms with Gasteiger partial charge in [0, 0.05) is 31.9 Å². The van der Waals surface area contributed by atoms with Gasteiger partial charge >= 0.3 is 0 Å². The number of H-pyrrole nitrogens is 1. The van der Waals surface area contributed by atoms with Gasteiger partial charge in [-0.2, -0.15) is 0 Å². The highest BCUT2D eigenvalue weighted by molar-refractivity contribution is 5.94. The quantitative estimate of drug-likeness (QED) is 0.934. The third kappa shape index (κ3) is 3.22. The van der Waals surface area contributed by atoms with E-state index in [2.05, 4.69) is 34.1 Å². The molecule has 132 valence electrons. The number of rotatable bonds is 3. The Hall–Kier alpha value is -2.11. The molecule has 2 aliphatic heterocycles. The zero-order valence-corrected chi connectivity index (χ0v) is 14.9. The third-order valence-electron chi connectivity index (χ3n) is 5.30. The fraction of sp³-hybridized carbons (Fsp3) is 0.450. The number of amides is 1. The Morgan fingerprint density at radius 3 is 2.76 bits per heavy atom. The largest absolute Gasteiger partial charge is 0.373 e. The highest BCUT2D eigenvalue weighted by Crippen LogP contribution is 2.26. The average molecular weight is 339 g/mol. The lowest BCUT2D eigenvalue weighted by atomic mass is 10.1. The summed E-state index contributed by atoms with van der Waals surface area (Å²) < 4.78 is 5.98. The number of aryl methyl sites for hydroxylation is 2. The van der Waals surface area contributed by atoms with Crippen molar-refractivity contribution in [3.05, 3.63) is 58.9 Å². The van der Waals surface area contributed by atoms with Gasteiger partial charge in [-0.1, -0.05) is 30.3 Å². The summed E-state index contributed by atoms with van der Waals surface area (Å²) in [5.74, 6) is 0.0864. The van der Waals surface area contributed by atoms with Crippen molar-refractivity contribution in [2.75, 3.05) is 26.2 Å². The maximum atomic E-state index is 12.9. The van der Waals surface area contributed by atoms with Gasteiger partial charge in [0.2, 0.25) is 0 Å². The van der Waals surface area contributed by atoms with Gasteiger partial charge in [-0.05, 0) is 31.0 Å². The van der Waals surface area contributed by atoms with Gasteiger partial charge in [0.1, 0.15) is 5.69 Å². The maximum Gasteiger partial charge on any atom is 0.270 e. The van der Waals surface area contributed by atoms with E-state index >= 15 is 0 Å². The summed E-state index contributed by atoms with van der Waals surface area (Å²) in [6.45, 7) is 7.93. The first-order chi connectivity index (χ1) is 12.1. The van der Waals surface area contributed by atoms with E-state index in [1.165, 1.54) is 5.56 Å². The molecule has 4 rings (SSSR count). The molecule has 1 amide bonds. The van der Waals surface area contributed by atoms with Gasteiger partial charge in [0.05, 0.1) is 18.8 Å². The number of aromatic nitrogens is 1. The zero-order valence-electron chi connectivity index (χ0n) is 14.9. The van der Waals surface area contributed by atoms with Crippen LogP contribution in [0.1, 0.15) is 27.3 Å². The summed E-state index contributed by atoms with van der Waals surface area (Å²) in [4.78, 5) is 20.5. The van der Waals surface area contributed by atoms with Crippen molar-refractivity contribution in [3.8, 4) is 0 Å². The number of fused-ring (bicyclic) bond motifs is 1. The van der Waals surface area contributed by atoms with Crippen LogP contribution in [0.25, 0.3) is 0 Å². The van der Waals surface area contributed by atoms with Crippen molar-refractivity contribution in [3.63, 3.8) is 0 Å². The first kappa shape index (κ1) is 16.4. The number of ether oxygens (including phenoxy) is 1. The number of nitrogens with zero attached hydrogens (tertiary/aromatic N) is 2. The van der Waals surface area contributed by atoms with E-state index in [0.717, 1.165) is 37.5 Å². The first-order valence-corrected chi connectivity index (χ1v) is 8.97. The highest BCUT2D eigenvalue weighted by Gasteiger charge is 2.42. The van der Waals surface area contributed by atoms with Crippen LogP contribution >= 0.6 is 0 Å². The maximum absolute atomic E-state index is 12.9. The lowest BCUT2D eigenvalue weighted by molar-refractivity contribution is -0.0503. The van der Waals surface area contributed by atoms with Crippen LogP contribution in [0.5, 0.6) is 0 Å². The van der Waals surface area contributed by atoms with Crippen molar-refractivity contribution in [2.24, 2.45) is 0 Å². The Labute approximate surface area is 148 Å². The van der Waals surface area contributed by atoms with E-state index in [1.54, 1.807) is 0 Å². The van der Waals surface area contributed by atoms with Crippen molar-refractivity contribution in [1.82, 2.24) is 14.8 Å². The van der Waals surface area contributed by atoms with Crippen molar-refractivity contribution >= 4 is 5.91 Å². The Balaban J connectivity index is 1.49. The second-order valence-corrected chi connectivity index (χ2v) is 7.15. The molecule has 1 aromatic carbocycles. The number of likely N-dealkylation sites (tertiary alicyclic amines) is 1. The van der Waals surface area contributed by atoms with Crippen molar-refractivity contribution in [2.45, 2.75) is 32.5 Å². The normalized spacial score (nSPS) is 23.7. The zero-order chi connectivity index (χ0) is 17.4. The molecule has 0 aliphatic carbocycles. The molecule has 5 heteroatoms. The molecule has 2 unspecified atom stereocenters. The Morgan fingerprint density at radius 1 is 1.24 bits per heavy atom. The Kier molecular flexibility index (Phi) is 4.36. The number of benzene rings is 1. The van der Waals surface area contributed by atoms with Crippen LogP contribution in [0.3, 0.4) is 0 Å². The third-order valence-corrected chi connectivity index (χ3v) is 5.30. The molecule has 0 bridgehead atoms. The van der Waals surface area contributed by atoms with E-state index in [4.69, 9.17) is 4.74 Å². The van der Waals surface area contributed by atoms with E-state index in [1.807, 2.05) is 30.9 Å². The van der Waals surface area contributed by atoms with Gasteiger partial charge in [0.15, 0.2) is 0 Å². The molecule has 2 aliphatic rings. The second kappa shape index (κ2) is 6.65. The van der Waals surface area contributed by atoms with Gasteiger partial charge < -0.3 is 14.6 Å². The molecule has 2 fully saturated rings. The minimum Gasteiger partial charge on any atom is -0.373 e. The van der Waals surface area contributed by atoms with Gasteiger partial charge in [-0.3, -0.25) is 9.69 Å². The number of aromatic amines is 1. The highest BCUT2D eigenvalue weighted by atomic mass is 16.5. The molecule has 0 radical (unpaired) electrons. The van der Waals surface area contributed by atoms with Gasteiger partial charge in [-0.25, -0.2) is 0 Å². The van der Waals surface area contributed by atoms with Crippen molar-refractivity contribution < 1.29 is 9.53 Å². The summed E-state index contributed by atoms with van der Waals surface area (Å²) in [6, 6.07) is 12.8. The van der Waals surface area contributed by atoms with Crippen molar-refractivity contribution in [1.29, 1.82) is 0 Å². The lowest BCUT2D eigenvalue weighted by Gasteiger charge is -2.36. The van der Waals surface area contributed by atoms with Crippen LogP contribution in [0.4, 0.5) is 0 Å². The minimum absolute atomic E-state index is 0.0864. The molecule has 2 saturated heterocycles. The molecule has 2 aromatic rings. The summed E-state index contributed by atoms with van der Waals surface area (Å²) in [5, 5.41) is 0. The van der Waals surface area contributed by atoms with E-state index < -0.39 is 0 Å². The molecular formula is C20H25N3O2. The fourth-order valence-electron chi connectivity index (χ4n) is 4.05.